The standard InChI is InChI=1S/C26H21NO5/c28-25-10-9-21(14-23(25)26(29)30)32-17-19-7-4-8-20(13-19)24-15-22(11-12-27-24)31-16-18-5-2-1-3-6-18/h1-15,28H,16-17H2,(H,29,30). The van der Waals surface area contributed by atoms with Gasteiger partial charge in [0.2, 0.25) is 0 Å². The van der Waals surface area contributed by atoms with Crippen LogP contribution in [0.4, 0.5) is 0 Å². The minimum absolute atomic E-state index is 0.201. The summed E-state index contributed by atoms with van der Waals surface area (Å²) in [5.74, 6) is -0.423. The highest BCUT2D eigenvalue weighted by Crippen LogP contribution is 2.26. The van der Waals surface area contributed by atoms with E-state index >= 15 is 0 Å². The van der Waals surface area contributed by atoms with Crippen molar-refractivity contribution in [3.8, 4) is 28.5 Å². The van der Waals surface area contributed by atoms with Gasteiger partial charge in [-0.2, -0.15) is 0 Å². The molecule has 0 saturated carbocycles. The molecule has 3 aromatic carbocycles. The molecule has 0 atom stereocenters. The molecule has 0 spiro atoms. The van der Waals surface area contributed by atoms with Gasteiger partial charge >= 0.3 is 5.97 Å². The Balaban J connectivity index is 1.45. The van der Waals surface area contributed by atoms with Gasteiger partial charge in [0.05, 0.1) is 5.69 Å². The van der Waals surface area contributed by atoms with Crippen molar-refractivity contribution in [1.82, 2.24) is 4.98 Å². The van der Waals surface area contributed by atoms with E-state index in [-0.39, 0.29) is 17.9 Å². The van der Waals surface area contributed by atoms with Crippen LogP contribution in [0.25, 0.3) is 11.3 Å². The monoisotopic (exact) mass is 427 g/mol. The first kappa shape index (κ1) is 20.9. The maximum atomic E-state index is 11.2. The van der Waals surface area contributed by atoms with Gasteiger partial charge in [-0.15, -0.1) is 0 Å². The predicted molar refractivity (Wildman–Crippen MR) is 120 cm³/mol. The van der Waals surface area contributed by atoms with Crippen LogP contribution < -0.4 is 9.47 Å². The molecule has 1 aromatic heterocycles. The second-order valence-corrected chi connectivity index (χ2v) is 7.12. The van der Waals surface area contributed by atoms with Crippen LogP contribution in [0.15, 0.2) is 91.1 Å². The van der Waals surface area contributed by atoms with Crippen LogP contribution in [0, 0.1) is 0 Å². The molecule has 0 aliphatic rings. The van der Waals surface area contributed by atoms with Gasteiger partial charge in [0.25, 0.3) is 0 Å². The summed E-state index contributed by atoms with van der Waals surface area (Å²) in [6.45, 7) is 0.713. The SMILES string of the molecule is O=C(O)c1cc(OCc2cccc(-c3cc(OCc4ccccc4)ccn3)c2)ccc1O. The summed E-state index contributed by atoms with van der Waals surface area (Å²) in [7, 11) is 0. The average molecular weight is 427 g/mol. The Morgan fingerprint density at radius 3 is 2.28 bits per heavy atom. The van der Waals surface area contributed by atoms with Crippen LogP contribution in [0.2, 0.25) is 0 Å². The summed E-state index contributed by atoms with van der Waals surface area (Å²) in [4.78, 5) is 15.6. The molecule has 0 aliphatic heterocycles. The van der Waals surface area contributed by atoms with Gasteiger partial charge in [0.15, 0.2) is 0 Å². The zero-order valence-electron chi connectivity index (χ0n) is 17.1. The van der Waals surface area contributed by atoms with Crippen molar-refractivity contribution >= 4 is 5.97 Å². The van der Waals surface area contributed by atoms with Crippen LogP contribution in [0.1, 0.15) is 21.5 Å². The quantitative estimate of drug-likeness (QED) is 0.396. The Kier molecular flexibility index (Phi) is 6.32. The first-order valence-electron chi connectivity index (χ1n) is 10.00. The third kappa shape index (κ3) is 5.23. The normalized spacial score (nSPS) is 10.5. The summed E-state index contributed by atoms with van der Waals surface area (Å²) in [5.41, 5.74) is 3.46. The van der Waals surface area contributed by atoms with Crippen LogP contribution in [-0.4, -0.2) is 21.2 Å². The molecular formula is C26H21NO5. The fourth-order valence-corrected chi connectivity index (χ4v) is 3.16. The summed E-state index contributed by atoms with van der Waals surface area (Å²) in [5, 5.41) is 18.8. The molecule has 0 fully saturated rings. The molecule has 0 unspecified atom stereocenters. The molecule has 6 nitrogen and oxygen atoms in total. The van der Waals surface area contributed by atoms with Crippen molar-refractivity contribution in [1.29, 1.82) is 0 Å². The van der Waals surface area contributed by atoms with Crippen LogP contribution >= 0.6 is 0 Å². The van der Waals surface area contributed by atoms with E-state index in [4.69, 9.17) is 14.6 Å². The number of carboxylic acids is 1. The molecular weight excluding hydrogens is 406 g/mol. The van der Waals surface area contributed by atoms with E-state index in [2.05, 4.69) is 4.98 Å². The zero-order chi connectivity index (χ0) is 22.3. The highest BCUT2D eigenvalue weighted by Gasteiger charge is 2.11. The number of aromatic hydroxyl groups is 1. The third-order valence-electron chi connectivity index (χ3n) is 4.81. The van der Waals surface area contributed by atoms with Crippen molar-refractivity contribution in [3.63, 3.8) is 0 Å². The number of benzene rings is 3. The van der Waals surface area contributed by atoms with Gasteiger partial charge in [-0.05, 0) is 41.5 Å². The minimum Gasteiger partial charge on any atom is -0.507 e. The van der Waals surface area contributed by atoms with Crippen molar-refractivity contribution in [2.45, 2.75) is 13.2 Å². The van der Waals surface area contributed by atoms with Gasteiger partial charge in [-0.3, -0.25) is 4.98 Å². The lowest BCUT2D eigenvalue weighted by Gasteiger charge is -2.10. The van der Waals surface area contributed by atoms with Crippen molar-refractivity contribution < 1.29 is 24.5 Å². The number of hydrogen-bond donors (Lipinski definition) is 2. The number of carboxylic acid groups (broad SMARTS) is 1. The molecule has 2 N–H and O–H groups in total. The first-order chi connectivity index (χ1) is 15.6. The number of phenols is 1. The average Bonchev–Trinajstić information content (AvgIpc) is 2.83. The number of ether oxygens (including phenoxy) is 2. The van der Waals surface area contributed by atoms with E-state index in [1.54, 1.807) is 6.20 Å². The number of carbonyl (C=O) groups is 1. The Labute approximate surface area is 185 Å². The van der Waals surface area contributed by atoms with Gasteiger partial charge in [-0.1, -0.05) is 48.5 Å². The summed E-state index contributed by atoms with van der Waals surface area (Å²) in [6, 6.07) is 25.5. The van der Waals surface area contributed by atoms with E-state index in [1.807, 2.05) is 66.7 Å². The predicted octanol–water partition coefficient (Wildman–Crippen LogP) is 5.31. The summed E-state index contributed by atoms with van der Waals surface area (Å²) in [6.07, 6.45) is 1.71. The Bertz CT molecular complexity index is 1220. The molecule has 1 heterocycles. The fraction of sp³-hybridized carbons (Fsp3) is 0.0769. The lowest BCUT2D eigenvalue weighted by molar-refractivity contribution is 0.0693. The van der Waals surface area contributed by atoms with Crippen molar-refractivity contribution in [3.05, 3.63) is 108 Å². The third-order valence-corrected chi connectivity index (χ3v) is 4.81. The number of aromatic nitrogens is 1. The van der Waals surface area contributed by atoms with E-state index in [1.165, 1.54) is 18.2 Å². The lowest BCUT2D eigenvalue weighted by Crippen LogP contribution is -2.00. The Morgan fingerprint density at radius 1 is 0.781 bits per heavy atom. The molecule has 0 saturated heterocycles. The lowest BCUT2D eigenvalue weighted by atomic mass is 10.1. The smallest absolute Gasteiger partial charge is 0.339 e. The second-order valence-electron chi connectivity index (χ2n) is 7.12. The van der Waals surface area contributed by atoms with Crippen molar-refractivity contribution in [2.75, 3.05) is 0 Å². The summed E-state index contributed by atoms with van der Waals surface area (Å²) >= 11 is 0. The molecule has 160 valence electrons. The van der Waals surface area contributed by atoms with Gasteiger partial charge in [0.1, 0.15) is 36.0 Å². The van der Waals surface area contributed by atoms with E-state index in [9.17, 15) is 9.90 Å². The van der Waals surface area contributed by atoms with E-state index in [0.29, 0.717) is 12.4 Å². The van der Waals surface area contributed by atoms with E-state index in [0.717, 1.165) is 28.1 Å². The highest BCUT2D eigenvalue weighted by atomic mass is 16.5. The Morgan fingerprint density at radius 2 is 1.50 bits per heavy atom. The van der Waals surface area contributed by atoms with Crippen LogP contribution in [-0.2, 0) is 13.2 Å². The number of nitrogens with zero attached hydrogens (tertiary/aromatic N) is 1. The van der Waals surface area contributed by atoms with Gasteiger partial charge in [-0.25, -0.2) is 4.79 Å². The van der Waals surface area contributed by atoms with Gasteiger partial charge in [0, 0.05) is 17.8 Å². The molecule has 6 heteroatoms. The molecule has 0 bridgehead atoms. The molecule has 32 heavy (non-hydrogen) atoms. The second kappa shape index (κ2) is 9.66. The molecule has 4 aromatic rings. The first-order valence-corrected chi connectivity index (χ1v) is 10.00. The molecule has 0 aliphatic carbocycles. The van der Waals surface area contributed by atoms with Gasteiger partial charge < -0.3 is 19.7 Å². The number of rotatable bonds is 8. The molecule has 0 radical (unpaired) electrons. The summed E-state index contributed by atoms with van der Waals surface area (Å²) < 4.78 is 11.6. The minimum atomic E-state index is -1.21. The van der Waals surface area contributed by atoms with Crippen molar-refractivity contribution in [2.24, 2.45) is 0 Å². The Hall–Kier alpha value is -4.32. The maximum absolute atomic E-state index is 11.2. The highest BCUT2D eigenvalue weighted by molar-refractivity contribution is 5.91. The maximum Gasteiger partial charge on any atom is 0.339 e. The van der Waals surface area contributed by atoms with Crippen LogP contribution in [0.3, 0.4) is 0 Å². The number of aromatic carboxylic acids is 1. The fourth-order valence-electron chi connectivity index (χ4n) is 3.16. The van der Waals surface area contributed by atoms with Crippen LogP contribution in [0.5, 0.6) is 17.2 Å². The zero-order valence-corrected chi connectivity index (χ0v) is 17.1. The molecule has 4 rings (SSSR count). The topological polar surface area (TPSA) is 88.9 Å². The largest absolute Gasteiger partial charge is 0.507 e. The number of pyridine rings is 1. The molecule has 0 amide bonds. The number of hydrogen-bond acceptors (Lipinski definition) is 5. The van der Waals surface area contributed by atoms with E-state index < -0.39 is 5.97 Å².